The van der Waals surface area contributed by atoms with Gasteiger partial charge in [-0.2, -0.15) is 0 Å². The third kappa shape index (κ3) is 3.27. The molecule has 0 aliphatic carbocycles. The molecule has 1 aromatic rings. The van der Waals surface area contributed by atoms with E-state index in [4.69, 9.17) is 14.2 Å². The quantitative estimate of drug-likeness (QED) is 0.672. The van der Waals surface area contributed by atoms with Gasteiger partial charge in [0.25, 0.3) is 0 Å². The zero-order valence-electron chi connectivity index (χ0n) is 14.9. The van der Waals surface area contributed by atoms with Crippen LogP contribution in [0.1, 0.15) is 31.2 Å². The van der Waals surface area contributed by atoms with Gasteiger partial charge in [0.15, 0.2) is 17.5 Å². The first kappa shape index (κ1) is 16.5. The van der Waals surface area contributed by atoms with Crippen LogP contribution >= 0.6 is 0 Å². The van der Waals surface area contributed by atoms with E-state index in [0.717, 1.165) is 63.1 Å². The van der Waals surface area contributed by atoms with Crippen LogP contribution in [-0.4, -0.2) is 57.5 Å². The molecule has 1 aromatic carbocycles. The first-order valence-corrected chi connectivity index (χ1v) is 9.24. The van der Waals surface area contributed by atoms with E-state index >= 15 is 0 Å². The van der Waals surface area contributed by atoms with E-state index in [1.807, 2.05) is 13.1 Å². The van der Waals surface area contributed by atoms with Crippen molar-refractivity contribution in [3.05, 3.63) is 23.8 Å². The lowest BCUT2D eigenvalue weighted by atomic mass is 9.74. The molecule has 1 N–H and O–H groups in total. The summed E-state index contributed by atoms with van der Waals surface area (Å²) in [6, 6.07) is 6.36. The van der Waals surface area contributed by atoms with Gasteiger partial charge in [-0.15, -0.1) is 0 Å². The van der Waals surface area contributed by atoms with Crippen molar-refractivity contribution in [1.82, 2.24) is 10.2 Å². The zero-order valence-corrected chi connectivity index (χ0v) is 14.9. The molecule has 0 atom stereocenters. The van der Waals surface area contributed by atoms with E-state index in [1.165, 1.54) is 18.4 Å². The second kappa shape index (κ2) is 7.12. The number of nitrogens with zero attached hydrogens (tertiary/aromatic N) is 2. The fourth-order valence-corrected chi connectivity index (χ4v) is 4.07. The van der Waals surface area contributed by atoms with E-state index in [9.17, 15) is 0 Å². The summed E-state index contributed by atoms with van der Waals surface area (Å²) in [5, 5.41) is 3.64. The van der Waals surface area contributed by atoms with Gasteiger partial charge in [-0.25, -0.2) is 0 Å². The molecule has 2 fully saturated rings. The number of fused-ring (bicyclic) bond motifs is 1. The van der Waals surface area contributed by atoms with Crippen LogP contribution < -0.4 is 14.8 Å². The molecule has 0 amide bonds. The lowest BCUT2D eigenvalue weighted by Crippen LogP contribution is -2.48. The van der Waals surface area contributed by atoms with Gasteiger partial charge in [-0.1, -0.05) is 6.07 Å². The molecule has 6 heteroatoms. The molecule has 0 unspecified atom stereocenters. The molecule has 0 aromatic heterocycles. The van der Waals surface area contributed by atoms with Crippen LogP contribution in [0.2, 0.25) is 0 Å². The Balaban J connectivity index is 1.54. The predicted octanol–water partition coefficient (Wildman–Crippen LogP) is 2.13. The molecule has 136 valence electrons. The van der Waals surface area contributed by atoms with Crippen LogP contribution in [-0.2, 0) is 10.2 Å². The molecule has 0 spiro atoms. The van der Waals surface area contributed by atoms with E-state index in [2.05, 4.69) is 27.3 Å². The standard InChI is InChI=1S/C19H27N3O3/c1-20-18(22-8-2-3-9-22)21-13-19(6-10-23-11-7-19)15-4-5-16-17(12-15)25-14-24-16/h4-5,12H,2-3,6-11,13-14H2,1H3,(H,20,21). The van der Waals surface area contributed by atoms with Crippen molar-refractivity contribution in [2.75, 3.05) is 46.7 Å². The lowest BCUT2D eigenvalue weighted by Gasteiger charge is -2.39. The highest BCUT2D eigenvalue weighted by atomic mass is 16.7. The summed E-state index contributed by atoms with van der Waals surface area (Å²) in [5.74, 6) is 2.71. The van der Waals surface area contributed by atoms with Gasteiger partial charge < -0.3 is 24.4 Å². The van der Waals surface area contributed by atoms with Crippen LogP contribution in [0.5, 0.6) is 11.5 Å². The highest BCUT2D eigenvalue weighted by Gasteiger charge is 2.36. The molecule has 0 saturated carbocycles. The topological polar surface area (TPSA) is 55.3 Å². The van der Waals surface area contributed by atoms with Crippen LogP contribution in [0, 0.1) is 0 Å². The van der Waals surface area contributed by atoms with Crippen molar-refractivity contribution in [3.63, 3.8) is 0 Å². The number of guanidine groups is 1. The van der Waals surface area contributed by atoms with Crippen LogP contribution in [0.3, 0.4) is 0 Å². The number of ether oxygens (including phenoxy) is 3. The molecule has 2 saturated heterocycles. The van der Waals surface area contributed by atoms with E-state index in [-0.39, 0.29) is 5.41 Å². The minimum atomic E-state index is 0.0366. The maximum absolute atomic E-state index is 5.65. The molecule has 0 bridgehead atoms. The van der Waals surface area contributed by atoms with E-state index in [1.54, 1.807) is 0 Å². The number of rotatable bonds is 3. The highest BCUT2D eigenvalue weighted by molar-refractivity contribution is 5.80. The molecule has 3 aliphatic rings. The predicted molar refractivity (Wildman–Crippen MR) is 96.5 cm³/mol. The van der Waals surface area contributed by atoms with Crippen molar-refractivity contribution < 1.29 is 14.2 Å². The van der Waals surface area contributed by atoms with Crippen molar-refractivity contribution >= 4 is 5.96 Å². The Bertz CT molecular complexity index is 635. The van der Waals surface area contributed by atoms with Gasteiger partial charge in [-0.3, -0.25) is 4.99 Å². The average Bonchev–Trinajstić information content (AvgIpc) is 3.34. The number of nitrogens with one attached hydrogen (secondary N) is 1. The largest absolute Gasteiger partial charge is 0.454 e. The van der Waals surface area contributed by atoms with Gasteiger partial charge in [0, 0.05) is 45.3 Å². The average molecular weight is 345 g/mol. The van der Waals surface area contributed by atoms with Crippen molar-refractivity contribution in [2.24, 2.45) is 4.99 Å². The minimum Gasteiger partial charge on any atom is -0.454 e. The summed E-state index contributed by atoms with van der Waals surface area (Å²) in [4.78, 5) is 6.85. The van der Waals surface area contributed by atoms with Gasteiger partial charge in [0.05, 0.1) is 0 Å². The van der Waals surface area contributed by atoms with Gasteiger partial charge in [0.2, 0.25) is 6.79 Å². The Morgan fingerprint density at radius 2 is 1.92 bits per heavy atom. The first-order chi connectivity index (χ1) is 12.3. The normalized spacial score (nSPS) is 22.3. The maximum atomic E-state index is 5.65. The third-order valence-electron chi connectivity index (χ3n) is 5.64. The number of hydrogen-bond acceptors (Lipinski definition) is 4. The summed E-state index contributed by atoms with van der Waals surface area (Å²) < 4.78 is 16.7. The summed E-state index contributed by atoms with van der Waals surface area (Å²) in [7, 11) is 1.87. The molecule has 3 heterocycles. The highest BCUT2D eigenvalue weighted by Crippen LogP contribution is 2.40. The fourth-order valence-electron chi connectivity index (χ4n) is 4.07. The summed E-state index contributed by atoms with van der Waals surface area (Å²) >= 11 is 0. The first-order valence-electron chi connectivity index (χ1n) is 9.24. The van der Waals surface area contributed by atoms with Gasteiger partial charge in [-0.05, 0) is 43.4 Å². The molecule has 0 radical (unpaired) electrons. The monoisotopic (exact) mass is 345 g/mol. The minimum absolute atomic E-state index is 0.0366. The SMILES string of the molecule is CN=C(NCC1(c2ccc3c(c2)OCO3)CCOCC1)N1CCCC1. The fraction of sp³-hybridized carbons (Fsp3) is 0.632. The molecular weight excluding hydrogens is 318 g/mol. The Morgan fingerprint density at radius 3 is 2.68 bits per heavy atom. The Morgan fingerprint density at radius 1 is 1.16 bits per heavy atom. The molecule has 6 nitrogen and oxygen atoms in total. The summed E-state index contributed by atoms with van der Waals surface area (Å²) in [5.41, 5.74) is 1.33. The third-order valence-corrected chi connectivity index (χ3v) is 5.64. The molecule has 25 heavy (non-hydrogen) atoms. The van der Waals surface area contributed by atoms with Gasteiger partial charge >= 0.3 is 0 Å². The Labute approximate surface area is 149 Å². The van der Waals surface area contributed by atoms with E-state index < -0.39 is 0 Å². The smallest absolute Gasteiger partial charge is 0.231 e. The van der Waals surface area contributed by atoms with Crippen molar-refractivity contribution in [2.45, 2.75) is 31.1 Å². The van der Waals surface area contributed by atoms with Crippen LogP contribution in [0.15, 0.2) is 23.2 Å². The van der Waals surface area contributed by atoms with Crippen molar-refractivity contribution in [1.29, 1.82) is 0 Å². The number of likely N-dealkylation sites (tertiary alicyclic amines) is 1. The van der Waals surface area contributed by atoms with Crippen LogP contribution in [0.4, 0.5) is 0 Å². The molecule has 4 rings (SSSR count). The second-order valence-corrected chi connectivity index (χ2v) is 7.06. The maximum Gasteiger partial charge on any atom is 0.231 e. The lowest BCUT2D eigenvalue weighted by molar-refractivity contribution is 0.0511. The zero-order chi connectivity index (χ0) is 17.1. The number of hydrogen-bond donors (Lipinski definition) is 1. The number of aliphatic imine (C=N–C) groups is 1. The van der Waals surface area contributed by atoms with Crippen molar-refractivity contribution in [3.8, 4) is 11.5 Å². The van der Waals surface area contributed by atoms with Crippen LogP contribution in [0.25, 0.3) is 0 Å². The Hall–Kier alpha value is -1.95. The van der Waals surface area contributed by atoms with E-state index in [0.29, 0.717) is 6.79 Å². The second-order valence-electron chi connectivity index (χ2n) is 7.06. The molecular formula is C19H27N3O3. The summed E-state index contributed by atoms with van der Waals surface area (Å²) in [6.45, 7) is 4.95. The summed E-state index contributed by atoms with van der Waals surface area (Å²) in [6.07, 6.45) is 4.50. The number of benzene rings is 1. The molecule has 3 aliphatic heterocycles. The Kier molecular flexibility index (Phi) is 4.70. The van der Waals surface area contributed by atoms with Gasteiger partial charge in [0.1, 0.15) is 0 Å².